The minimum atomic E-state index is -0.525. The maximum absolute atomic E-state index is 13.4. The number of carbonyl (C=O) groups excluding carboxylic acids is 1. The van der Waals surface area contributed by atoms with Gasteiger partial charge in [-0.1, -0.05) is 42.4 Å². The Morgan fingerprint density at radius 3 is 2.61 bits per heavy atom. The summed E-state index contributed by atoms with van der Waals surface area (Å²) in [5, 5.41) is 11.9. The minimum Gasteiger partial charge on any atom is -0.325 e. The van der Waals surface area contributed by atoms with Gasteiger partial charge in [0.05, 0.1) is 6.04 Å². The van der Waals surface area contributed by atoms with Gasteiger partial charge in [-0.25, -0.2) is 9.07 Å². The summed E-state index contributed by atoms with van der Waals surface area (Å²) >= 11 is 7.24. The van der Waals surface area contributed by atoms with E-state index in [1.54, 1.807) is 41.1 Å². The van der Waals surface area contributed by atoms with Crippen molar-refractivity contribution in [2.75, 3.05) is 10.7 Å². The number of hydrogen-bond donors (Lipinski definition) is 2. The van der Waals surface area contributed by atoms with E-state index in [1.807, 2.05) is 6.92 Å². The molecule has 0 bridgehead atoms. The standard InChI is InChI=1S/C19H17ClFN5OS/c1-2-15-23-24-19-26(15)25-16(11-3-7-13(21)8-4-11)17(28-19)18(27)22-14-9-5-12(20)6-10-14/h3-10,16-17,25H,2H2,1H3,(H,22,27)/t16-,17-/m1/s1. The summed E-state index contributed by atoms with van der Waals surface area (Å²) in [6, 6.07) is 12.7. The quantitative estimate of drug-likeness (QED) is 0.670. The van der Waals surface area contributed by atoms with Gasteiger partial charge < -0.3 is 10.7 Å². The lowest BCUT2D eigenvalue weighted by Gasteiger charge is -2.33. The van der Waals surface area contributed by atoms with E-state index < -0.39 is 5.25 Å². The zero-order valence-electron chi connectivity index (χ0n) is 14.9. The van der Waals surface area contributed by atoms with E-state index in [-0.39, 0.29) is 17.8 Å². The Kier molecular flexibility index (Phi) is 5.23. The second-order valence-electron chi connectivity index (χ2n) is 6.28. The van der Waals surface area contributed by atoms with Crippen molar-refractivity contribution >= 4 is 35.0 Å². The molecule has 1 amide bonds. The van der Waals surface area contributed by atoms with E-state index in [2.05, 4.69) is 20.9 Å². The molecule has 144 valence electrons. The number of nitrogens with one attached hydrogen (secondary N) is 2. The largest absolute Gasteiger partial charge is 0.325 e. The van der Waals surface area contributed by atoms with Crippen molar-refractivity contribution in [2.45, 2.75) is 29.8 Å². The lowest BCUT2D eigenvalue weighted by molar-refractivity contribution is -0.116. The van der Waals surface area contributed by atoms with Gasteiger partial charge in [-0.15, -0.1) is 10.2 Å². The minimum absolute atomic E-state index is 0.193. The Labute approximate surface area is 170 Å². The number of benzene rings is 2. The maximum atomic E-state index is 13.4. The Morgan fingerprint density at radius 2 is 1.93 bits per heavy atom. The van der Waals surface area contributed by atoms with Crippen LogP contribution in [-0.2, 0) is 11.2 Å². The summed E-state index contributed by atoms with van der Waals surface area (Å²) in [6.45, 7) is 1.98. The molecular weight excluding hydrogens is 401 g/mol. The molecule has 1 aliphatic rings. The van der Waals surface area contributed by atoms with Gasteiger partial charge in [0.1, 0.15) is 11.1 Å². The van der Waals surface area contributed by atoms with Crippen LogP contribution in [0.5, 0.6) is 0 Å². The molecule has 1 aromatic heterocycles. The summed E-state index contributed by atoms with van der Waals surface area (Å²) in [6.07, 6.45) is 0.693. The van der Waals surface area contributed by atoms with Crippen LogP contribution in [0.4, 0.5) is 10.1 Å². The van der Waals surface area contributed by atoms with Crippen LogP contribution in [0.3, 0.4) is 0 Å². The molecule has 0 unspecified atom stereocenters. The third-order valence-electron chi connectivity index (χ3n) is 4.42. The van der Waals surface area contributed by atoms with Crippen molar-refractivity contribution in [3.8, 4) is 0 Å². The molecule has 2 aromatic carbocycles. The van der Waals surface area contributed by atoms with Gasteiger partial charge in [-0.3, -0.25) is 4.79 Å². The van der Waals surface area contributed by atoms with E-state index in [1.165, 1.54) is 23.9 Å². The molecule has 2 heterocycles. The first-order valence-electron chi connectivity index (χ1n) is 8.74. The Morgan fingerprint density at radius 1 is 1.21 bits per heavy atom. The highest BCUT2D eigenvalue weighted by Crippen LogP contribution is 2.37. The van der Waals surface area contributed by atoms with Crippen molar-refractivity contribution in [2.24, 2.45) is 0 Å². The number of fused-ring (bicyclic) bond motifs is 1. The Bertz CT molecular complexity index is 993. The van der Waals surface area contributed by atoms with Gasteiger partial charge in [-0.2, -0.15) is 0 Å². The fourth-order valence-corrected chi connectivity index (χ4v) is 4.22. The third-order valence-corrected chi connectivity index (χ3v) is 5.89. The fourth-order valence-electron chi connectivity index (χ4n) is 2.99. The van der Waals surface area contributed by atoms with E-state index in [0.717, 1.165) is 11.4 Å². The second kappa shape index (κ2) is 7.81. The number of aromatic nitrogens is 3. The van der Waals surface area contributed by atoms with Crippen LogP contribution in [0.2, 0.25) is 5.02 Å². The molecule has 2 N–H and O–H groups in total. The third kappa shape index (κ3) is 3.70. The normalized spacial score (nSPS) is 18.2. The van der Waals surface area contributed by atoms with Crippen LogP contribution in [-0.4, -0.2) is 26.0 Å². The van der Waals surface area contributed by atoms with Crippen LogP contribution in [0.1, 0.15) is 24.4 Å². The van der Waals surface area contributed by atoms with Crippen LogP contribution in [0, 0.1) is 5.82 Å². The molecule has 9 heteroatoms. The molecule has 0 saturated carbocycles. The van der Waals surface area contributed by atoms with Crippen LogP contribution in [0.15, 0.2) is 53.7 Å². The molecule has 0 saturated heterocycles. The lowest BCUT2D eigenvalue weighted by atomic mass is 10.0. The summed E-state index contributed by atoms with van der Waals surface area (Å²) in [5.74, 6) is 0.251. The monoisotopic (exact) mass is 417 g/mol. The van der Waals surface area contributed by atoms with Crippen molar-refractivity contribution < 1.29 is 9.18 Å². The second-order valence-corrected chi connectivity index (χ2v) is 7.83. The summed E-state index contributed by atoms with van der Waals surface area (Å²) in [5.41, 5.74) is 4.77. The molecule has 0 spiro atoms. The number of anilines is 1. The van der Waals surface area contributed by atoms with Crippen molar-refractivity contribution in [3.05, 3.63) is 70.8 Å². The number of thioether (sulfide) groups is 1. The Balaban J connectivity index is 1.66. The predicted octanol–water partition coefficient (Wildman–Crippen LogP) is 4.03. The number of carbonyl (C=O) groups is 1. The first-order chi connectivity index (χ1) is 13.5. The first-order valence-corrected chi connectivity index (χ1v) is 10.0. The highest BCUT2D eigenvalue weighted by atomic mass is 35.5. The molecule has 28 heavy (non-hydrogen) atoms. The van der Waals surface area contributed by atoms with E-state index >= 15 is 0 Å². The molecule has 0 radical (unpaired) electrons. The van der Waals surface area contributed by atoms with E-state index in [0.29, 0.717) is 22.3 Å². The molecule has 3 aromatic rings. The van der Waals surface area contributed by atoms with Crippen LogP contribution < -0.4 is 10.7 Å². The molecule has 0 aliphatic carbocycles. The van der Waals surface area contributed by atoms with Crippen molar-refractivity contribution in [1.82, 2.24) is 14.9 Å². The number of hydrogen-bond acceptors (Lipinski definition) is 5. The summed E-state index contributed by atoms with van der Waals surface area (Å²) < 4.78 is 15.2. The molecular formula is C19H17ClFN5OS. The lowest BCUT2D eigenvalue weighted by Crippen LogP contribution is -2.41. The average molecular weight is 418 g/mol. The smallest absolute Gasteiger partial charge is 0.240 e. The summed E-state index contributed by atoms with van der Waals surface area (Å²) in [4.78, 5) is 13.1. The summed E-state index contributed by atoms with van der Waals surface area (Å²) in [7, 11) is 0. The number of halogens is 2. The molecule has 0 fully saturated rings. The molecule has 1 aliphatic heterocycles. The van der Waals surface area contributed by atoms with Gasteiger partial charge in [0.2, 0.25) is 11.1 Å². The van der Waals surface area contributed by atoms with Crippen LogP contribution in [0.25, 0.3) is 0 Å². The van der Waals surface area contributed by atoms with Crippen molar-refractivity contribution in [3.63, 3.8) is 0 Å². The number of aryl methyl sites for hydroxylation is 1. The van der Waals surface area contributed by atoms with Crippen LogP contribution >= 0.6 is 23.4 Å². The van der Waals surface area contributed by atoms with Gasteiger partial charge >= 0.3 is 0 Å². The Hall–Kier alpha value is -2.58. The van der Waals surface area contributed by atoms with E-state index in [4.69, 9.17) is 11.6 Å². The van der Waals surface area contributed by atoms with Gasteiger partial charge in [0.25, 0.3) is 0 Å². The fraction of sp³-hybridized carbons (Fsp3) is 0.211. The molecule has 2 atom stereocenters. The highest BCUT2D eigenvalue weighted by Gasteiger charge is 2.37. The zero-order chi connectivity index (χ0) is 19.7. The zero-order valence-corrected chi connectivity index (χ0v) is 16.5. The average Bonchev–Trinajstić information content (AvgIpc) is 3.11. The molecule has 4 rings (SSSR count). The number of nitrogens with zero attached hydrogens (tertiary/aromatic N) is 3. The van der Waals surface area contributed by atoms with Gasteiger partial charge in [-0.05, 0) is 42.0 Å². The number of amides is 1. The topological polar surface area (TPSA) is 71.8 Å². The predicted molar refractivity (Wildman–Crippen MR) is 108 cm³/mol. The SMILES string of the molecule is CCc1nnc2n1N[C@H](c1ccc(F)cc1)[C@H](C(=O)Nc1ccc(Cl)cc1)S2. The highest BCUT2D eigenvalue weighted by molar-refractivity contribution is 8.00. The number of rotatable bonds is 4. The van der Waals surface area contributed by atoms with Gasteiger partial charge in [0.15, 0.2) is 5.82 Å². The van der Waals surface area contributed by atoms with Crippen molar-refractivity contribution in [1.29, 1.82) is 0 Å². The maximum Gasteiger partial charge on any atom is 0.240 e. The van der Waals surface area contributed by atoms with E-state index in [9.17, 15) is 9.18 Å². The first kappa shape index (κ1) is 18.8. The van der Waals surface area contributed by atoms with Gasteiger partial charge in [0, 0.05) is 17.1 Å². The molecule has 6 nitrogen and oxygen atoms in total.